The van der Waals surface area contributed by atoms with Crippen LogP contribution in [0.2, 0.25) is 0 Å². The molecule has 19 heavy (non-hydrogen) atoms. The molecule has 2 aromatic heterocycles. The molecule has 0 spiro atoms. The largest absolute Gasteiger partial charge is 0.338 e. The zero-order valence-electron chi connectivity index (χ0n) is 9.75. The molecule has 0 N–H and O–H groups in total. The lowest BCUT2D eigenvalue weighted by Gasteiger charge is -1.98. The lowest BCUT2D eigenvalue weighted by molar-refractivity contribution is 0.392. The fraction of sp³-hybridized carbons (Fsp3) is 0.0769. The second kappa shape index (κ2) is 5.90. The van der Waals surface area contributed by atoms with Crippen LogP contribution in [0.1, 0.15) is 5.89 Å². The normalized spacial score (nSPS) is 10.8. The summed E-state index contributed by atoms with van der Waals surface area (Å²) in [6.07, 6.45) is 0. The summed E-state index contributed by atoms with van der Waals surface area (Å²) in [5.41, 5.74) is 0. The van der Waals surface area contributed by atoms with Crippen LogP contribution in [-0.4, -0.2) is 10.1 Å². The number of aromatic nitrogens is 2. The van der Waals surface area contributed by atoms with E-state index in [2.05, 4.69) is 38.2 Å². The van der Waals surface area contributed by atoms with E-state index in [0.717, 1.165) is 9.35 Å². The Morgan fingerprint density at radius 1 is 1.26 bits per heavy atom. The van der Waals surface area contributed by atoms with Gasteiger partial charge in [0.05, 0.1) is 10.6 Å². The summed E-state index contributed by atoms with van der Waals surface area (Å²) in [5, 5.41) is 5.99. The highest BCUT2D eigenvalue weighted by atomic mass is 79.9. The Labute approximate surface area is 127 Å². The van der Waals surface area contributed by atoms with Gasteiger partial charge in [-0.3, -0.25) is 0 Å². The first-order valence-electron chi connectivity index (χ1n) is 5.56. The van der Waals surface area contributed by atoms with Gasteiger partial charge in [-0.05, 0) is 29.6 Å². The number of rotatable bonds is 4. The number of hydrogen-bond acceptors (Lipinski definition) is 5. The maximum Gasteiger partial charge on any atom is 0.237 e. The van der Waals surface area contributed by atoms with Gasteiger partial charge in [0.1, 0.15) is 0 Å². The van der Waals surface area contributed by atoms with Crippen molar-refractivity contribution in [3.05, 3.63) is 52.1 Å². The van der Waals surface area contributed by atoms with Gasteiger partial charge < -0.3 is 4.52 Å². The van der Waals surface area contributed by atoms with E-state index in [1.807, 2.05) is 29.6 Å². The molecule has 0 aliphatic carbocycles. The number of hydrogen-bond donors (Lipinski definition) is 0. The second-order valence-electron chi connectivity index (χ2n) is 3.74. The molecule has 0 saturated heterocycles. The standard InChI is InChI=1S/C13H9BrN2OS2/c14-9-3-1-4-10(7-9)19-8-12-15-13(16-17-12)11-5-2-6-18-11/h1-7H,8H2. The van der Waals surface area contributed by atoms with Gasteiger partial charge in [-0.2, -0.15) is 4.98 Å². The molecule has 2 heterocycles. The molecule has 0 atom stereocenters. The van der Waals surface area contributed by atoms with Crippen LogP contribution in [0.25, 0.3) is 10.7 Å². The highest BCUT2D eigenvalue weighted by Gasteiger charge is 2.09. The highest BCUT2D eigenvalue weighted by Crippen LogP contribution is 2.26. The van der Waals surface area contributed by atoms with Crippen LogP contribution in [0.4, 0.5) is 0 Å². The molecule has 0 aliphatic heterocycles. The van der Waals surface area contributed by atoms with Crippen LogP contribution >= 0.6 is 39.0 Å². The van der Waals surface area contributed by atoms with Gasteiger partial charge in [-0.1, -0.05) is 33.2 Å². The maximum absolute atomic E-state index is 5.25. The van der Waals surface area contributed by atoms with Gasteiger partial charge in [0.25, 0.3) is 0 Å². The van der Waals surface area contributed by atoms with Crippen molar-refractivity contribution >= 4 is 39.0 Å². The molecule has 0 saturated carbocycles. The van der Waals surface area contributed by atoms with E-state index in [0.29, 0.717) is 17.5 Å². The van der Waals surface area contributed by atoms with Crippen molar-refractivity contribution in [2.24, 2.45) is 0 Å². The molecule has 0 aliphatic rings. The molecule has 0 radical (unpaired) electrons. The van der Waals surface area contributed by atoms with Crippen LogP contribution in [0.3, 0.4) is 0 Å². The lowest BCUT2D eigenvalue weighted by atomic mass is 10.4. The van der Waals surface area contributed by atoms with Crippen molar-refractivity contribution < 1.29 is 4.52 Å². The van der Waals surface area contributed by atoms with E-state index in [4.69, 9.17) is 4.52 Å². The summed E-state index contributed by atoms with van der Waals surface area (Å²) in [6.45, 7) is 0. The molecule has 6 heteroatoms. The number of thiophene rings is 1. The smallest absolute Gasteiger partial charge is 0.237 e. The summed E-state index contributed by atoms with van der Waals surface area (Å²) in [6, 6.07) is 12.1. The van der Waals surface area contributed by atoms with Crippen LogP contribution < -0.4 is 0 Å². The van der Waals surface area contributed by atoms with E-state index >= 15 is 0 Å². The SMILES string of the molecule is Brc1cccc(SCc2nc(-c3cccs3)no2)c1. The van der Waals surface area contributed by atoms with Crippen molar-refractivity contribution in [2.45, 2.75) is 10.6 Å². The number of halogens is 1. The average Bonchev–Trinajstić information content (AvgIpc) is 3.07. The molecule has 0 amide bonds. The van der Waals surface area contributed by atoms with Crippen molar-refractivity contribution in [1.82, 2.24) is 10.1 Å². The number of nitrogens with zero attached hydrogens (tertiary/aromatic N) is 2. The summed E-state index contributed by atoms with van der Waals surface area (Å²) in [7, 11) is 0. The molecular weight excluding hydrogens is 344 g/mol. The fourth-order valence-corrected chi connectivity index (χ4v) is 3.51. The van der Waals surface area contributed by atoms with Crippen molar-refractivity contribution in [3.8, 4) is 10.7 Å². The summed E-state index contributed by atoms with van der Waals surface area (Å²) < 4.78 is 6.32. The zero-order chi connectivity index (χ0) is 13.1. The third-order valence-corrected chi connectivity index (χ3v) is 4.71. The molecule has 3 aromatic rings. The molecule has 0 fully saturated rings. The fourth-order valence-electron chi connectivity index (χ4n) is 1.52. The highest BCUT2D eigenvalue weighted by molar-refractivity contribution is 9.10. The lowest BCUT2D eigenvalue weighted by Crippen LogP contribution is -1.81. The van der Waals surface area contributed by atoms with Crippen LogP contribution in [0.5, 0.6) is 0 Å². The van der Waals surface area contributed by atoms with Crippen molar-refractivity contribution in [2.75, 3.05) is 0 Å². The van der Waals surface area contributed by atoms with Crippen LogP contribution in [-0.2, 0) is 5.75 Å². The Balaban J connectivity index is 1.68. The Hall–Kier alpha value is -1.11. The Bertz CT molecular complexity index is 667. The van der Waals surface area contributed by atoms with E-state index in [1.54, 1.807) is 23.1 Å². The minimum atomic E-state index is 0.647. The summed E-state index contributed by atoms with van der Waals surface area (Å²) in [5.74, 6) is 1.99. The maximum atomic E-state index is 5.25. The first-order chi connectivity index (χ1) is 9.31. The number of thioether (sulfide) groups is 1. The molecule has 3 nitrogen and oxygen atoms in total. The Kier molecular flexibility index (Phi) is 4.00. The average molecular weight is 353 g/mol. The molecule has 1 aromatic carbocycles. The van der Waals surface area contributed by atoms with Crippen molar-refractivity contribution in [1.29, 1.82) is 0 Å². The van der Waals surface area contributed by atoms with E-state index < -0.39 is 0 Å². The molecule has 0 unspecified atom stereocenters. The quantitative estimate of drug-likeness (QED) is 0.629. The van der Waals surface area contributed by atoms with Crippen molar-refractivity contribution in [3.63, 3.8) is 0 Å². The van der Waals surface area contributed by atoms with Gasteiger partial charge in [-0.25, -0.2) is 0 Å². The topological polar surface area (TPSA) is 38.9 Å². The molecule has 96 valence electrons. The molecular formula is C13H9BrN2OS2. The zero-order valence-corrected chi connectivity index (χ0v) is 13.0. The van der Waals surface area contributed by atoms with Gasteiger partial charge >= 0.3 is 0 Å². The van der Waals surface area contributed by atoms with Gasteiger partial charge in [0, 0.05) is 9.37 Å². The van der Waals surface area contributed by atoms with Gasteiger partial charge in [0.15, 0.2) is 0 Å². The monoisotopic (exact) mass is 352 g/mol. The van der Waals surface area contributed by atoms with E-state index in [-0.39, 0.29) is 0 Å². The predicted octanol–water partition coefficient (Wildman–Crippen LogP) is 4.85. The molecule has 3 rings (SSSR count). The Morgan fingerprint density at radius 2 is 2.21 bits per heavy atom. The first-order valence-corrected chi connectivity index (χ1v) is 8.22. The minimum absolute atomic E-state index is 0.647. The van der Waals surface area contributed by atoms with Crippen LogP contribution in [0.15, 0.2) is 55.7 Å². The van der Waals surface area contributed by atoms with Gasteiger partial charge in [-0.15, -0.1) is 23.1 Å². The number of benzene rings is 1. The predicted molar refractivity (Wildman–Crippen MR) is 81.3 cm³/mol. The summed E-state index contributed by atoms with van der Waals surface area (Å²) in [4.78, 5) is 6.59. The molecule has 0 bridgehead atoms. The van der Waals surface area contributed by atoms with Gasteiger partial charge in [0.2, 0.25) is 11.7 Å². The first kappa shape index (κ1) is 12.9. The third kappa shape index (κ3) is 3.26. The van der Waals surface area contributed by atoms with Crippen LogP contribution in [0, 0.1) is 0 Å². The van der Waals surface area contributed by atoms with E-state index in [1.165, 1.54) is 4.90 Å². The minimum Gasteiger partial charge on any atom is -0.338 e. The third-order valence-electron chi connectivity index (χ3n) is 2.37. The summed E-state index contributed by atoms with van der Waals surface area (Å²) >= 11 is 6.74. The second-order valence-corrected chi connectivity index (χ2v) is 6.65. The Morgan fingerprint density at radius 3 is 3.00 bits per heavy atom. The van der Waals surface area contributed by atoms with E-state index in [9.17, 15) is 0 Å².